The summed E-state index contributed by atoms with van der Waals surface area (Å²) in [5.74, 6) is 0.890. The SMILES string of the molecule is CCCCCCn1cc[n+](CCCCCCCCCCCCCCCCC(C)C)c1. The normalized spacial score (nSPS) is 11.6. The van der Waals surface area contributed by atoms with Crippen molar-refractivity contribution in [1.29, 1.82) is 0 Å². The third kappa shape index (κ3) is 16.9. The minimum atomic E-state index is 0.890. The largest absolute Gasteiger partial charge is 0.243 e. The van der Waals surface area contributed by atoms with Gasteiger partial charge in [-0.1, -0.05) is 117 Å². The van der Waals surface area contributed by atoms with Gasteiger partial charge >= 0.3 is 0 Å². The Kier molecular flexibility index (Phi) is 18.3. The molecule has 1 aromatic rings. The summed E-state index contributed by atoms with van der Waals surface area (Å²) in [5, 5.41) is 0. The quantitative estimate of drug-likeness (QED) is 0.131. The summed E-state index contributed by atoms with van der Waals surface area (Å²) in [5.41, 5.74) is 0. The van der Waals surface area contributed by atoms with Crippen LogP contribution in [-0.2, 0) is 13.1 Å². The van der Waals surface area contributed by atoms with Gasteiger partial charge in [0.1, 0.15) is 12.4 Å². The number of unbranched alkanes of at least 4 members (excludes halogenated alkanes) is 16. The van der Waals surface area contributed by atoms with E-state index in [4.69, 9.17) is 0 Å². The van der Waals surface area contributed by atoms with Gasteiger partial charge in [-0.05, 0) is 31.6 Å². The number of aromatic nitrogens is 2. The van der Waals surface area contributed by atoms with Gasteiger partial charge in [-0.15, -0.1) is 0 Å². The molecule has 30 heavy (non-hydrogen) atoms. The molecular weight excluding hydrogens is 364 g/mol. The highest BCUT2D eigenvalue weighted by molar-refractivity contribution is 4.66. The lowest BCUT2D eigenvalue weighted by Crippen LogP contribution is -2.30. The maximum Gasteiger partial charge on any atom is 0.243 e. The fourth-order valence-electron chi connectivity index (χ4n) is 4.39. The smallest absolute Gasteiger partial charge is 0.237 e. The van der Waals surface area contributed by atoms with Crippen molar-refractivity contribution in [3.8, 4) is 0 Å². The molecule has 0 aliphatic heterocycles. The predicted molar refractivity (Wildman–Crippen MR) is 133 cm³/mol. The number of aryl methyl sites for hydroxylation is 2. The number of imidazole rings is 1. The molecule has 0 aromatic carbocycles. The topological polar surface area (TPSA) is 8.81 Å². The molecule has 2 heteroatoms. The second-order valence-corrected chi connectivity index (χ2v) is 10.1. The third-order valence-corrected chi connectivity index (χ3v) is 6.46. The van der Waals surface area contributed by atoms with Crippen LogP contribution in [0.1, 0.15) is 143 Å². The molecule has 0 atom stereocenters. The zero-order chi connectivity index (χ0) is 21.7. The van der Waals surface area contributed by atoms with Crippen LogP contribution in [0.4, 0.5) is 0 Å². The van der Waals surface area contributed by atoms with Crippen LogP contribution in [0, 0.1) is 5.92 Å². The summed E-state index contributed by atoms with van der Waals surface area (Å²) in [6.07, 6.45) is 33.9. The summed E-state index contributed by atoms with van der Waals surface area (Å²) in [4.78, 5) is 0. The molecule has 2 nitrogen and oxygen atoms in total. The fourth-order valence-corrected chi connectivity index (χ4v) is 4.39. The van der Waals surface area contributed by atoms with Gasteiger partial charge < -0.3 is 0 Å². The standard InChI is InChI=1S/C28H55N2/c1-4-5-6-20-23-29-25-26-30(27-29)24-21-18-16-14-12-10-8-7-9-11-13-15-17-19-22-28(2)3/h25-28H,4-24H2,1-3H3/q+1. The second kappa shape index (κ2) is 20.1. The second-order valence-electron chi connectivity index (χ2n) is 10.1. The van der Waals surface area contributed by atoms with Gasteiger partial charge in [0.25, 0.3) is 0 Å². The van der Waals surface area contributed by atoms with Gasteiger partial charge in [0, 0.05) is 0 Å². The Morgan fingerprint density at radius 1 is 0.633 bits per heavy atom. The maximum absolute atomic E-state index is 2.38. The van der Waals surface area contributed by atoms with E-state index in [9.17, 15) is 0 Å². The van der Waals surface area contributed by atoms with E-state index in [1.165, 1.54) is 135 Å². The van der Waals surface area contributed by atoms with Crippen LogP contribution in [0.2, 0.25) is 0 Å². The first-order valence-corrected chi connectivity index (χ1v) is 13.8. The maximum atomic E-state index is 2.38. The van der Waals surface area contributed by atoms with E-state index in [0.29, 0.717) is 0 Å². The number of nitrogens with zero attached hydrogens (tertiary/aromatic N) is 2. The molecule has 0 N–H and O–H groups in total. The number of rotatable bonds is 22. The van der Waals surface area contributed by atoms with Crippen molar-refractivity contribution in [2.75, 3.05) is 0 Å². The van der Waals surface area contributed by atoms with Crippen molar-refractivity contribution in [2.45, 2.75) is 156 Å². The van der Waals surface area contributed by atoms with Crippen molar-refractivity contribution in [3.63, 3.8) is 0 Å². The van der Waals surface area contributed by atoms with Gasteiger partial charge in [0.15, 0.2) is 0 Å². The zero-order valence-corrected chi connectivity index (χ0v) is 21.1. The Balaban J connectivity index is 1.79. The summed E-state index contributed by atoms with van der Waals surface area (Å²) in [7, 11) is 0. The summed E-state index contributed by atoms with van der Waals surface area (Å²) in [6, 6.07) is 0. The van der Waals surface area contributed by atoms with Crippen LogP contribution in [0.3, 0.4) is 0 Å². The third-order valence-electron chi connectivity index (χ3n) is 6.46. The van der Waals surface area contributed by atoms with Crippen molar-refractivity contribution >= 4 is 0 Å². The highest BCUT2D eigenvalue weighted by Gasteiger charge is 2.03. The lowest BCUT2D eigenvalue weighted by atomic mass is 10.0. The fraction of sp³-hybridized carbons (Fsp3) is 0.893. The first-order chi connectivity index (χ1) is 14.7. The molecule has 1 rings (SSSR count). The van der Waals surface area contributed by atoms with Crippen LogP contribution in [0.5, 0.6) is 0 Å². The van der Waals surface area contributed by atoms with Gasteiger partial charge in [-0.3, -0.25) is 0 Å². The van der Waals surface area contributed by atoms with Crippen LogP contribution < -0.4 is 4.57 Å². The van der Waals surface area contributed by atoms with Crippen LogP contribution >= 0.6 is 0 Å². The van der Waals surface area contributed by atoms with Gasteiger partial charge in [0.2, 0.25) is 6.33 Å². The molecule has 0 unspecified atom stereocenters. The molecule has 1 aromatic heterocycles. The number of hydrogen-bond acceptors (Lipinski definition) is 0. The Morgan fingerprint density at radius 3 is 1.67 bits per heavy atom. The van der Waals surface area contributed by atoms with E-state index in [1.54, 1.807) is 0 Å². The van der Waals surface area contributed by atoms with Crippen LogP contribution in [0.15, 0.2) is 18.7 Å². The lowest BCUT2D eigenvalue weighted by Gasteiger charge is -2.05. The molecule has 0 saturated carbocycles. The average Bonchev–Trinajstić information content (AvgIpc) is 3.18. The highest BCUT2D eigenvalue weighted by Crippen LogP contribution is 2.14. The summed E-state index contributed by atoms with van der Waals surface area (Å²) < 4.78 is 4.74. The molecule has 0 spiro atoms. The van der Waals surface area contributed by atoms with E-state index >= 15 is 0 Å². The molecule has 0 radical (unpaired) electrons. The van der Waals surface area contributed by atoms with E-state index in [1.807, 2.05) is 0 Å². The number of hydrogen-bond donors (Lipinski definition) is 0. The predicted octanol–water partition coefficient (Wildman–Crippen LogP) is 8.86. The van der Waals surface area contributed by atoms with E-state index < -0.39 is 0 Å². The molecule has 0 bridgehead atoms. The first kappa shape index (κ1) is 27.2. The van der Waals surface area contributed by atoms with Gasteiger partial charge in [-0.25, -0.2) is 9.13 Å². The lowest BCUT2D eigenvalue weighted by molar-refractivity contribution is -0.696. The van der Waals surface area contributed by atoms with E-state index in [2.05, 4.69) is 48.6 Å². The van der Waals surface area contributed by atoms with Crippen molar-refractivity contribution in [1.82, 2.24) is 4.57 Å². The molecule has 0 aliphatic carbocycles. The molecular formula is C28H55N2+. The van der Waals surface area contributed by atoms with E-state index in [0.717, 1.165) is 5.92 Å². The Bertz CT molecular complexity index is 463. The molecule has 0 fully saturated rings. The molecule has 0 aliphatic rings. The summed E-state index contributed by atoms with van der Waals surface area (Å²) in [6.45, 7) is 9.34. The minimum absolute atomic E-state index is 0.890. The minimum Gasteiger partial charge on any atom is -0.237 e. The zero-order valence-electron chi connectivity index (χ0n) is 21.1. The van der Waals surface area contributed by atoms with Gasteiger partial charge in [0.05, 0.1) is 13.1 Å². The first-order valence-electron chi connectivity index (χ1n) is 13.8. The Hall–Kier alpha value is -0.790. The van der Waals surface area contributed by atoms with Gasteiger partial charge in [-0.2, -0.15) is 0 Å². The van der Waals surface area contributed by atoms with Crippen molar-refractivity contribution in [2.24, 2.45) is 5.92 Å². The molecule has 1 heterocycles. The highest BCUT2D eigenvalue weighted by atomic mass is 15.1. The van der Waals surface area contributed by atoms with Crippen LogP contribution in [0.25, 0.3) is 0 Å². The van der Waals surface area contributed by atoms with Crippen molar-refractivity contribution < 1.29 is 4.57 Å². The molecule has 176 valence electrons. The van der Waals surface area contributed by atoms with Crippen LogP contribution in [-0.4, -0.2) is 4.57 Å². The average molecular weight is 420 g/mol. The molecule has 0 saturated heterocycles. The molecule has 0 amide bonds. The summed E-state index contributed by atoms with van der Waals surface area (Å²) >= 11 is 0. The monoisotopic (exact) mass is 419 g/mol. The Labute approximate surface area is 189 Å². The van der Waals surface area contributed by atoms with E-state index in [-0.39, 0.29) is 0 Å². The Morgan fingerprint density at radius 2 is 1.13 bits per heavy atom. The van der Waals surface area contributed by atoms with Crippen molar-refractivity contribution in [3.05, 3.63) is 18.7 Å².